The summed E-state index contributed by atoms with van der Waals surface area (Å²) in [5, 5.41) is 2.29. The van der Waals surface area contributed by atoms with Crippen LogP contribution in [-0.4, -0.2) is 17.6 Å². The molecule has 4 fully saturated rings. The molecule has 0 aromatic heterocycles. The Morgan fingerprint density at radius 2 is 1.72 bits per heavy atom. The molecular formula is C14H15NO3. The molecule has 2 amide bonds. The molecule has 2 unspecified atom stereocenters. The van der Waals surface area contributed by atoms with Crippen molar-refractivity contribution in [3.63, 3.8) is 0 Å². The van der Waals surface area contributed by atoms with Crippen molar-refractivity contribution in [3.8, 4) is 0 Å². The van der Waals surface area contributed by atoms with Gasteiger partial charge < -0.3 is 0 Å². The summed E-state index contributed by atoms with van der Waals surface area (Å²) in [4.78, 5) is 35.8. The number of amides is 2. The zero-order valence-electron chi connectivity index (χ0n) is 10.1. The SMILES string of the molecule is O=C1C=C(C23CC4CC(CC(C4)C2=O)C3)C(=O)N1. The van der Waals surface area contributed by atoms with Gasteiger partial charge in [-0.2, -0.15) is 0 Å². The van der Waals surface area contributed by atoms with Gasteiger partial charge in [-0.25, -0.2) is 0 Å². The first-order valence-corrected chi connectivity index (χ1v) is 6.70. The lowest BCUT2D eigenvalue weighted by atomic mass is 9.47. The fourth-order valence-corrected chi connectivity index (χ4v) is 4.89. The van der Waals surface area contributed by atoms with Crippen molar-refractivity contribution in [2.75, 3.05) is 0 Å². The smallest absolute Gasteiger partial charge is 0.255 e. The molecule has 5 aliphatic rings. The standard InChI is InChI=1S/C14H15NO3/c16-11-4-10(13(18)15-11)14-5-7-1-8(6-14)3-9(2-7)12(14)17/h4,7-9H,1-3,5-6H2,(H,15,16,18). The molecule has 0 aromatic carbocycles. The summed E-state index contributed by atoms with van der Waals surface area (Å²) in [7, 11) is 0. The maximum Gasteiger partial charge on any atom is 0.255 e. The van der Waals surface area contributed by atoms with Gasteiger partial charge >= 0.3 is 0 Å². The summed E-state index contributed by atoms with van der Waals surface area (Å²) in [6.07, 6.45) is 6.14. The van der Waals surface area contributed by atoms with Crippen molar-refractivity contribution in [1.29, 1.82) is 0 Å². The number of ketones is 1. The molecule has 4 nitrogen and oxygen atoms in total. The second-order valence-corrected chi connectivity index (χ2v) is 6.37. The van der Waals surface area contributed by atoms with E-state index in [1.54, 1.807) is 0 Å². The minimum atomic E-state index is -0.620. The maximum absolute atomic E-state index is 12.6. The summed E-state index contributed by atoms with van der Waals surface area (Å²) in [6, 6.07) is 0. The van der Waals surface area contributed by atoms with E-state index in [-0.39, 0.29) is 23.5 Å². The summed E-state index contributed by atoms with van der Waals surface area (Å²) in [6.45, 7) is 0. The van der Waals surface area contributed by atoms with Gasteiger partial charge in [-0.1, -0.05) is 0 Å². The second-order valence-electron chi connectivity index (χ2n) is 6.37. The van der Waals surface area contributed by atoms with Crippen LogP contribution >= 0.6 is 0 Å². The highest BCUT2D eigenvalue weighted by Gasteiger charge is 2.60. The van der Waals surface area contributed by atoms with Crippen LogP contribution in [0.25, 0.3) is 0 Å². The zero-order chi connectivity index (χ0) is 12.5. The van der Waals surface area contributed by atoms with Crippen LogP contribution < -0.4 is 5.32 Å². The number of hydrogen-bond acceptors (Lipinski definition) is 3. The van der Waals surface area contributed by atoms with Gasteiger partial charge in [0.2, 0.25) is 0 Å². The molecule has 0 radical (unpaired) electrons. The molecule has 0 saturated heterocycles. The number of carbonyl (C=O) groups is 3. The number of hydrogen-bond donors (Lipinski definition) is 1. The summed E-state index contributed by atoms with van der Waals surface area (Å²) < 4.78 is 0. The van der Waals surface area contributed by atoms with E-state index in [2.05, 4.69) is 5.32 Å². The number of nitrogens with one attached hydrogen (secondary N) is 1. The molecule has 2 atom stereocenters. The molecule has 5 rings (SSSR count). The Kier molecular flexibility index (Phi) is 1.81. The van der Waals surface area contributed by atoms with Crippen molar-refractivity contribution in [2.24, 2.45) is 23.2 Å². The van der Waals surface area contributed by atoms with E-state index in [0.717, 1.165) is 25.7 Å². The number of Topliss-reactive ketones (excluding diaryl/α,β-unsaturated/α-hetero) is 1. The average Bonchev–Trinajstić information content (AvgIpc) is 2.64. The summed E-state index contributed by atoms with van der Waals surface area (Å²) in [5.41, 5.74) is -0.165. The topological polar surface area (TPSA) is 63.2 Å². The predicted octanol–water partition coefficient (Wildman–Crippen LogP) is 0.965. The lowest BCUT2D eigenvalue weighted by molar-refractivity contribution is -0.150. The van der Waals surface area contributed by atoms with Crippen LogP contribution in [0.5, 0.6) is 0 Å². The van der Waals surface area contributed by atoms with E-state index in [4.69, 9.17) is 0 Å². The van der Waals surface area contributed by atoms with Crippen LogP contribution in [0.4, 0.5) is 0 Å². The summed E-state index contributed by atoms with van der Waals surface area (Å²) in [5.74, 6) is 0.814. The third-order valence-corrected chi connectivity index (χ3v) is 5.29. The second kappa shape index (κ2) is 3.11. The van der Waals surface area contributed by atoms with Gasteiger partial charge in [0, 0.05) is 17.6 Å². The van der Waals surface area contributed by atoms with Gasteiger partial charge in [0.25, 0.3) is 11.8 Å². The fraction of sp³-hybridized carbons (Fsp3) is 0.643. The zero-order valence-corrected chi connectivity index (χ0v) is 10.1. The monoisotopic (exact) mass is 245 g/mol. The van der Waals surface area contributed by atoms with E-state index < -0.39 is 5.41 Å². The molecule has 0 spiro atoms. The van der Waals surface area contributed by atoms with Crippen LogP contribution in [0.3, 0.4) is 0 Å². The van der Waals surface area contributed by atoms with Gasteiger partial charge in [-0.3, -0.25) is 19.7 Å². The lowest BCUT2D eigenvalue weighted by Crippen LogP contribution is -2.55. The van der Waals surface area contributed by atoms with Crippen molar-refractivity contribution in [2.45, 2.75) is 32.1 Å². The first-order valence-electron chi connectivity index (χ1n) is 6.70. The van der Waals surface area contributed by atoms with E-state index in [0.29, 0.717) is 17.4 Å². The van der Waals surface area contributed by atoms with Gasteiger partial charge in [-0.05, 0) is 43.9 Å². The third kappa shape index (κ3) is 1.13. The molecule has 18 heavy (non-hydrogen) atoms. The first-order chi connectivity index (χ1) is 8.58. The van der Waals surface area contributed by atoms with Crippen molar-refractivity contribution in [3.05, 3.63) is 11.6 Å². The molecule has 1 aliphatic heterocycles. The van der Waals surface area contributed by atoms with E-state index in [1.165, 1.54) is 12.5 Å². The van der Waals surface area contributed by atoms with Gasteiger partial charge in [0.05, 0.1) is 5.41 Å². The Morgan fingerprint density at radius 3 is 2.28 bits per heavy atom. The van der Waals surface area contributed by atoms with Gasteiger partial charge in [0.1, 0.15) is 5.78 Å². The molecule has 1 heterocycles. The van der Waals surface area contributed by atoms with Crippen molar-refractivity contribution in [1.82, 2.24) is 5.32 Å². The Bertz CT molecular complexity index is 505. The predicted molar refractivity (Wildman–Crippen MR) is 62.2 cm³/mol. The van der Waals surface area contributed by atoms with Crippen molar-refractivity contribution >= 4 is 17.6 Å². The molecule has 4 bridgehead atoms. The minimum absolute atomic E-state index is 0.139. The molecule has 1 N–H and O–H groups in total. The number of imide groups is 1. The molecular weight excluding hydrogens is 230 g/mol. The van der Waals surface area contributed by atoms with Gasteiger partial charge in [-0.15, -0.1) is 0 Å². The normalized spacial score (nSPS) is 45.4. The van der Waals surface area contributed by atoms with E-state index >= 15 is 0 Å². The molecule has 4 heteroatoms. The van der Waals surface area contributed by atoms with Crippen LogP contribution in [0.1, 0.15) is 32.1 Å². The number of rotatable bonds is 1. The molecule has 4 aliphatic carbocycles. The molecule has 4 saturated carbocycles. The van der Waals surface area contributed by atoms with Gasteiger partial charge in [0.15, 0.2) is 0 Å². The van der Waals surface area contributed by atoms with E-state index in [1.807, 2.05) is 0 Å². The average molecular weight is 245 g/mol. The lowest BCUT2D eigenvalue weighted by Gasteiger charge is -2.55. The Labute approximate surface area is 105 Å². The third-order valence-electron chi connectivity index (χ3n) is 5.29. The number of carbonyl (C=O) groups excluding carboxylic acids is 3. The first kappa shape index (κ1) is 10.5. The molecule has 0 aromatic rings. The largest absolute Gasteiger partial charge is 0.298 e. The van der Waals surface area contributed by atoms with Crippen LogP contribution in [0.15, 0.2) is 11.6 Å². The minimum Gasteiger partial charge on any atom is -0.298 e. The Morgan fingerprint density at radius 1 is 1.06 bits per heavy atom. The van der Waals surface area contributed by atoms with Crippen LogP contribution in [-0.2, 0) is 14.4 Å². The summed E-state index contributed by atoms with van der Waals surface area (Å²) >= 11 is 0. The Balaban J connectivity index is 1.83. The van der Waals surface area contributed by atoms with E-state index in [9.17, 15) is 14.4 Å². The Hall–Kier alpha value is -1.45. The van der Waals surface area contributed by atoms with Crippen LogP contribution in [0, 0.1) is 23.2 Å². The quantitative estimate of drug-likeness (QED) is 0.700. The highest BCUT2D eigenvalue weighted by molar-refractivity contribution is 6.19. The van der Waals surface area contributed by atoms with Crippen molar-refractivity contribution < 1.29 is 14.4 Å². The fourth-order valence-electron chi connectivity index (χ4n) is 4.89. The highest BCUT2D eigenvalue weighted by Crippen LogP contribution is 2.61. The highest BCUT2D eigenvalue weighted by atomic mass is 16.2. The maximum atomic E-state index is 12.6. The van der Waals surface area contributed by atoms with Crippen LogP contribution in [0.2, 0.25) is 0 Å². The molecule has 94 valence electrons.